The Kier molecular flexibility index (Phi) is 4.91. The van der Waals surface area contributed by atoms with E-state index in [2.05, 4.69) is 18.7 Å². The Balaban J connectivity index is 2.17. The number of hydrogen-bond acceptors (Lipinski definition) is 4. The molecule has 2 N–H and O–H groups in total. The van der Waals surface area contributed by atoms with Gasteiger partial charge >= 0.3 is 0 Å². The Morgan fingerprint density at radius 2 is 1.81 bits per heavy atom. The highest BCUT2D eigenvalue weighted by molar-refractivity contribution is 7.89. The van der Waals surface area contributed by atoms with Crippen molar-refractivity contribution in [2.45, 2.75) is 38.1 Å². The molecular weight excluding hydrogens is 286 g/mol. The third-order valence-electron chi connectivity index (χ3n) is 4.14. The van der Waals surface area contributed by atoms with Crippen LogP contribution in [0.1, 0.15) is 26.3 Å². The minimum atomic E-state index is -3.43. The second-order valence-corrected chi connectivity index (χ2v) is 7.69. The first kappa shape index (κ1) is 16.3. The molecule has 0 radical (unpaired) electrons. The van der Waals surface area contributed by atoms with Gasteiger partial charge in [0.2, 0.25) is 10.0 Å². The molecule has 1 aromatic carbocycles. The van der Waals surface area contributed by atoms with E-state index in [1.165, 1.54) is 0 Å². The van der Waals surface area contributed by atoms with Crippen LogP contribution in [-0.4, -0.2) is 49.8 Å². The second kappa shape index (κ2) is 6.34. The van der Waals surface area contributed by atoms with Gasteiger partial charge in [-0.1, -0.05) is 13.0 Å². The highest BCUT2D eigenvalue weighted by Crippen LogP contribution is 2.23. The van der Waals surface area contributed by atoms with E-state index in [1.807, 2.05) is 13.0 Å². The molecule has 1 heterocycles. The van der Waals surface area contributed by atoms with Gasteiger partial charge in [0.25, 0.3) is 0 Å². The molecule has 118 valence electrons. The SMILES string of the molecule is CCc1ccc(S(=O)(=O)N2CCN(C(C)C)CC2)cc1N. The van der Waals surface area contributed by atoms with Crippen LogP contribution in [0.15, 0.2) is 23.1 Å². The van der Waals surface area contributed by atoms with Crippen LogP contribution in [0.25, 0.3) is 0 Å². The number of aryl methyl sites for hydroxylation is 1. The molecule has 0 atom stereocenters. The number of sulfonamides is 1. The van der Waals surface area contributed by atoms with E-state index in [1.54, 1.807) is 16.4 Å². The molecule has 0 unspecified atom stereocenters. The number of nitrogens with two attached hydrogens (primary N) is 1. The van der Waals surface area contributed by atoms with Crippen LogP contribution in [-0.2, 0) is 16.4 Å². The van der Waals surface area contributed by atoms with E-state index in [9.17, 15) is 8.42 Å². The van der Waals surface area contributed by atoms with Gasteiger partial charge in [0.15, 0.2) is 0 Å². The molecule has 21 heavy (non-hydrogen) atoms. The fourth-order valence-corrected chi connectivity index (χ4v) is 4.12. The largest absolute Gasteiger partial charge is 0.398 e. The number of nitrogens with zero attached hydrogens (tertiary/aromatic N) is 2. The van der Waals surface area contributed by atoms with Gasteiger partial charge in [-0.3, -0.25) is 4.90 Å². The molecule has 2 rings (SSSR count). The lowest BCUT2D eigenvalue weighted by molar-refractivity contribution is 0.154. The molecule has 5 nitrogen and oxygen atoms in total. The summed E-state index contributed by atoms with van der Waals surface area (Å²) in [5, 5.41) is 0. The van der Waals surface area contributed by atoms with Crippen molar-refractivity contribution >= 4 is 15.7 Å². The summed E-state index contributed by atoms with van der Waals surface area (Å²) in [4.78, 5) is 2.59. The quantitative estimate of drug-likeness (QED) is 0.857. The minimum Gasteiger partial charge on any atom is -0.398 e. The molecule has 1 saturated heterocycles. The molecule has 1 aromatic rings. The molecule has 0 amide bonds. The standard InChI is InChI=1S/C15H25N3O2S/c1-4-13-5-6-14(11-15(13)16)21(19,20)18-9-7-17(8-10-18)12(2)3/h5-6,11-12H,4,7-10,16H2,1-3H3. The van der Waals surface area contributed by atoms with E-state index in [-0.39, 0.29) is 0 Å². The topological polar surface area (TPSA) is 66.6 Å². The van der Waals surface area contributed by atoms with Crippen molar-refractivity contribution in [2.75, 3.05) is 31.9 Å². The highest BCUT2D eigenvalue weighted by Gasteiger charge is 2.29. The second-order valence-electron chi connectivity index (χ2n) is 5.75. The van der Waals surface area contributed by atoms with Gasteiger partial charge in [-0.25, -0.2) is 8.42 Å². The first-order chi connectivity index (χ1) is 9.86. The summed E-state index contributed by atoms with van der Waals surface area (Å²) in [6.45, 7) is 8.90. The summed E-state index contributed by atoms with van der Waals surface area (Å²) < 4.78 is 26.9. The van der Waals surface area contributed by atoms with Crippen LogP contribution in [0.3, 0.4) is 0 Å². The Hall–Kier alpha value is -1.11. The van der Waals surface area contributed by atoms with Crippen molar-refractivity contribution in [1.82, 2.24) is 9.21 Å². The first-order valence-corrected chi connectivity index (χ1v) is 8.93. The number of nitrogen functional groups attached to an aromatic ring is 1. The normalized spacial score (nSPS) is 18.3. The van der Waals surface area contributed by atoms with Crippen molar-refractivity contribution in [3.8, 4) is 0 Å². The van der Waals surface area contributed by atoms with E-state index < -0.39 is 10.0 Å². The van der Waals surface area contributed by atoms with Crippen molar-refractivity contribution in [3.63, 3.8) is 0 Å². The summed E-state index contributed by atoms with van der Waals surface area (Å²) in [5.41, 5.74) is 7.47. The monoisotopic (exact) mass is 311 g/mol. The molecule has 1 aliphatic heterocycles. The third kappa shape index (κ3) is 3.39. The van der Waals surface area contributed by atoms with Crippen molar-refractivity contribution in [1.29, 1.82) is 0 Å². The van der Waals surface area contributed by atoms with E-state index in [0.29, 0.717) is 29.7 Å². The van der Waals surface area contributed by atoms with Crippen molar-refractivity contribution in [2.24, 2.45) is 0 Å². The van der Waals surface area contributed by atoms with Gasteiger partial charge in [-0.2, -0.15) is 4.31 Å². The lowest BCUT2D eigenvalue weighted by Gasteiger charge is -2.36. The first-order valence-electron chi connectivity index (χ1n) is 7.49. The van der Waals surface area contributed by atoms with Gasteiger partial charge in [-0.05, 0) is 38.0 Å². The van der Waals surface area contributed by atoms with E-state index in [4.69, 9.17) is 5.73 Å². The van der Waals surface area contributed by atoms with Crippen LogP contribution in [0, 0.1) is 0 Å². The Labute approximate surface area is 127 Å². The smallest absolute Gasteiger partial charge is 0.243 e. The molecule has 0 aliphatic carbocycles. The predicted molar refractivity (Wildman–Crippen MR) is 85.7 cm³/mol. The zero-order valence-corrected chi connectivity index (χ0v) is 13.9. The van der Waals surface area contributed by atoms with Gasteiger partial charge in [0.05, 0.1) is 4.90 Å². The van der Waals surface area contributed by atoms with Gasteiger partial charge in [0, 0.05) is 37.9 Å². The van der Waals surface area contributed by atoms with E-state index in [0.717, 1.165) is 25.1 Å². The maximum absolute atomic E-state index is 12.7. The lowest BCUT2D eigenvalue weighted by Crippen LogP contribution is -2.50. The molecular formula is C15H25N3O2S. The molecule has 1 fully saturated rings. The van der Waals surface area contributed by atoms with Gasteiger partial charge in [0.1, 0.15) is 0 Å². The van der Waals surface area contributed by atoms with Crippen LogP contribution >= 0.6 is 0 Å². The fraction of sp³-hybridized carbons (Fsp3) is 0.600. The molecule has 0 spiro atoms. The fourth-order valence-electron chi connectivity index (χ4n) is 2.66. The van der Waals surface area contributed by atoms with Crippen LogP contribution < -0.4 is 5.73 Å². The van der Waals surface area contributed by atoms with Crippen LogP contribution in [0.2, 0.25) is 0 Å². The Morgan fingerprint density at radius 1 is 1.19 bits per heavy atom. The lowest BCUT2D eigenvalue weighted by atomic mass is 10.1. The Morgan fingerprint density at radius 3 is 2.29 bits per heavy atom. The highest BCUT2D eigenvalue weighted by atomic mass is 32.2. The molecule has 0 aromatic heterocycles. The average molecular weight is 311 g/mol. The minimum absolute atomic E-state index is 0.301. The third-order valence-corrected chi connectivity index (χ3v) is 6.03. The number of benzene rings is 1. The zero-order valence-electron chi connectivity index (χ0n) is 13.0. The van der Waals surface area contributed by atoms with Crippen LogP contribution in [0.4, 0.5) is 5.69 Å². The van der Waals surface area contributed by atoms with E-state index >= 15 is 0 Å². The summed E-state index contributed by atoms with van der Waals surface area (Å²) in [5.74, 6) is 0. The summed E-state index contributed by atoms with van der Waals surface area (Å²) in [7, 11) is -3.43. The Bertz CT molecular complexity index is 591. The van der Waals surface area contributed by atoms with Gasteiger partial charge in [-0.15, -0.1) is 0 Å². The van der Waals surface area contributed by atoms with Crippen molar-refractivity contribution < 1.29 is 8.42 Å². The maximum atomic E-state index is 12.7. The molecule has 6 heteroatoms. The predicted octanol–water partition coefficient (Wildman–Crippen LogP) is 1.55. The summed E-state index contributed by atoms with van der Waals surface area (Å²) in [6.07, 6.45) is 0.805. The van der Waals surface area contributed by atoms with Crippen LogP contribution in [0.5, 0.6) is 0 Å². The zero-order chi connectivity index (χ0) is 15.6. The molecule has 0 bridgehead atoms. The molecule has 1 aliphatic rings. The number of hydrogen-bond donors (Lipinski definition) is 1. The summed E-state index contributed by atoms with van der Waals surface area (Å²) >= 11 is 0. The number of rotatable bonds is 4. The van der Waals surface area contributed by atoms with Gasteiger partial charge < -0.3 is 5.73 Å². The number of anilines is 1. The molecule has 0 saturated carbocycles. The summed E-state index contributed by atoms with van der Waals surface area (Å²) in [6, 6.07) is 5.52. The average Bonchev–Trinajstić information content (AvgIpc) is 2.47. The maximum Gasteiger partial charge on any atom is 0.243 e. The number of piperazine rings is 1. The van der Waals surface area contributed by atoms with Crippen molar-refractivity contribution in [3.05, 3.63) is 23.8 Å².